The van der Waals surface area contributed by atoms with Crippen LogP contribution in [0.3, 0.4) is 0 Å². The van der Waals surface area contributed by atoms with Gasteiger partial charge in [0.25, 0.3) is 0 Å². The molecule has 2 N–H and O–H groups in total. The topological polar surface area (TPSA) is 44.5 Å². The highest BCUT2D eigenvalue weighted by atomic mass is 16.6. The second kappa shape index (κ2) is 4.25. The van der Waals surface area contributed by atoms with Crippen molar-refractivity contribution in [2.24, 2.45) is 5.90 Å². The van der Waals surface area contributed by atoms with Crippen LogP contribution in [0.5, 0.6) is 5.75 Å². The number of rotatable bonds is 3. The third-order valence-electron chi connectivity index (χ3n) is 2.14. The molecule has 0 aliphatic heterocycles. The molecule has 0 amide bonds. The van der Waals surface area contributed by atoms with Crippen molar-refractivity contribution in [2.45, 2.75) is 20.5 Å². The molecule has 0 saturated heterocycles. The van der Waals surface area contributed by atoms with Gasteiger partial charge in [-0.15, -0.1) is 0 Å². The van der Waals surface area contributed by atoms with Crippen molar-refractivity contribution in [1.29, 1.82) is 0 Å². The first-order valence-electron chi connectivity index (χ1n) is 4.15. The molecule has 0 aromatic heterocycles. The van der Waals surface area contributed by atoms with Crippen LogP contribution >= 0.6 is 0 Å². The van der Waals surface area contributed by atoms with Gasteiger partial charge in [0.05, 0.1) is 13.7 Å². The van der Waals surface area contributed by atoms with Gasteiger partial charge in [0, 0.05) is 5.56 Å². The summed E-state index contributed by atoms with van der Waals surface area (Å²) >= 11 is 0. The Morgan fingerprint density at radius 1 is 1.23 bits per heavy atom. The molecule has 0 radical (unpaired) electrons. The van der Waals surface area contributed by atoms with Gasteiger partial charge in [0.2, 0.25) is 0 Å². The Kier molecular flexibility index (Phi) is 3.28. The van der Waals surface area contributed by atoms with E-state index in [1.54, 1.807) is 7.11 Å². The standard InChI is InChI=1S/C10H15NO2/c1-7-4-9(6-13-11)10(12-3)5-8(7)2/h4-5H,6,11H2,1-3H3. The Labute approximate surface area is 78.4 Å². The lowest BCUT2D eigenvalue weighted by Crippen LogP contribution is -2.02. The van der Waals surface area contributed by atoms with E-state index in [-0.39, 0.29) is 0 Å². The molecule has 1 aromatic carbocycles. The van der Waals surface area contributed by atoms with E-state index in [4.69, 9.17) is 10.6 Å². The Hall–Kier alpha value is -1.06. The summed E-state index contributed by atoms with van der Waals surface area (Å²) in [7, 11) is 1.64. The van der Waals surface area contributed by atoms with Crippen LogP contribution in [0.15, 0.2) is 12.1 Å². The second-order valence-corrected chi connectivity index (χ2v) is 3.06. The SMILES string of the molecule is COc1cc(C)c(C)cc1CON. The summed E-state index contributed by atoms with van der Waals surface area (Å²) in [5, 5.41) is 0. The molecule has 0 fully saturated rings. The lowest BCUT2D eigenvalue weighted by Gasteiger charge is -2.10. The fourth-order valence-corrected chi connectivity index (χ4v) is 1.24. The first-order chi connectivity index (χ1) is 6.19. The third kappa shape index (κ3) is 2.20. The quantitative estimate of drug-likeness (QED) is 0.722. The van der Waals surface area contributed by atoms with Gasteiger partial charge < -0.3 is 4.74 Å². The zero-order valence-electron chi connectivity index (χ0n) is 8.26. The molecular weight excluding hydrogens is 166 g/mol. The molecule has 0 bridgehead atoms. The summed E-state index contributed by atoms with van der Waals surface area (Å²) < 4.78 is 5.20. The molecule has 1 aromatic rings. The lowest BCUT2D eigenvalue weighted by atomic mass is 10.1. The molecule has 0 unspecified atom stereocenters. The number of ether oxygens (including phenoxy) is 1. The number of hydrogen-bond acceptors (Lipinski definition) is 3. The van der Waals surface area contributed by atoms with Crippen LogP contribution in [-0.4, -0.2) is 7.11 Å². The van der Waals surface area contributed by atoms with Gasteiger partial charge in [-0.05, 0) is 37.1 Å². The van der Waals surface area contributed by atoms with E-state index >= 15 is 0 Å². The summed E-state index contributed by atoms with van der Waals surface area (Å²) in [6, 6.07) is 4.02. The van der Waals surface area contributed by atoms with Gasteiger partial charge >= 0.3 is 0 Å². The summed E-state index contributed by atoms with van der Waals surface area (Å²) in [4.78, 5) is 4.59. The normalized spacial score (nSPS) is 10.2. The monoisotopic (exact) mass is 181 g/mol. The highest BCUT2D eigenvalue weighted by Gasteiger charge is 2.05. The van der Waals surface area contributed by atoms with Crippen molar-refractivity contribution in [3.8, 4) is 5.75 Å². The average Bonchev–Trinajstić information content (AvgIpc) is 2.11. The Balaban J connectivity index is 3.09. The Morgan fingerprint density at radius 2 is 1.85 bits per heavy atom. The maximum atomic E-state index is 5.20. The third-order valence-corrected chi connectivity index (χ3v) is 2.14. The fourth-order valence-electron chi connectivity index (χ4n) is 1.24. The van der Waals surface area contributed by atoms with Crippen molar-refractivity contribution in [3.05, 3.63) is 28.8 Å². The minimum absolute atomic E-state index is 0.379. The van der Waals surface area contributed by atoms with Gasteiger partial charge in [0.1, 0.15) is 5.75 Å². The second-order valence-electron chi connectivity index (χ2n) is 3.06. The number of nitrogens with two attached hydrogens (primary N) is 1. The minimum Gasteiger partial charge on any atom is -0.496 e. The van der Waals surface area contributed by atoms with Gasteiger partial charge in [-0.25, -0.2) is 5.90 Å². The maximum Gasteiger partial charge on any atom is 0.124 e. The number of methoxy groups -OCH3 is 1. The predicted octanol–water partition coefficient (Wildman–Crippen LogP) is 1.70. The van der Waals surface area contributed by atoms with E-state index in [9.17, 15) is 0 Å². The molecule has 0 heterocycles. The molecule has 0 spiro atoms. The molecule has 0 atom stereocenters. The predicted molar refractivity (Wildman–Crippen MR) is 51.4 cm³/mol. The zero-order chi connectivity index (χ0) is 9.84. The number of aryl methyl sites for hydroxylation is 2. The summed E-state index contributed by atoms with van der Waals surface area (Å²) in [5.74, 6) is 5.84. The van der Waals surface area contributed by atoms with Gasteiger partial charge in [-0.1, -0.05) is 0 Å². The van der Waals surface area contributed by atoms with Crippen molar-refractivity contribution >= 4 is 0 Å². The van der Waals surface area contributed by atoms with E-state index in [1.165, 1.54) is 11.1 Å². The van der Waals surface area contributed by atoms with Crippen LogP contribution in [-0.2, 0) is 11.4 Å². The fraction of sp³-hybridized carbons (Fsp3) is 0.400. The van der Waals surface area contributed by atoms with E-state index < -0.39 is 0 Å². The average molecular weight is 181 g/mol. The Morgan fingerprint density at radius 3 is 2.38 bits per heavy atom. The lowest BCUT2D eigenvalue weighted by molar-refractivity contribution is 0.122. The summed E-state index contributed by atoms with van der Waals surface area (Å²) in [6.07, 6.45) is 0. The van der Waals surface area contributed by atoms with Gasteiger partial charge in [-0.3, -0.25) is 4.84 Å². The number of hydrogen-bond donors (Lipinski definition) is 1. The van der Waals surface area contributed by atoms with Crippen molar-refractivity contribution in [2.75, 3.05) is 7.11 Å². The van der Waals surface area contributed by atoms with Crippen LogP contribution in [0.4, 0.5) is 0 Å². The minimum atomic E-state index is 0.379. The van der Waals surface area contributed by atoms with E-state index in [0.29, 0.717) is 6.61 Å². The highest BCUT2D eigenvalue weighted by Crippen LogP contribution is 2.23. The smallest absolute Gasteiger partial charge is 0.124 e. The van der Waals surface area contributed by atoms with Crippen LogP contribution in [0, 0.1) is 13.8 Å². The molecule has 0 aliphatic rings. The summed E-state index contributed by atoms with van der Waals surface area (Å²) in [6.45, 7) is 4.48. The molecule has 1 rings (SSSR count). The van der Waals surface area contributed by atoms with E-state index in [2.05, 4.69) is 11.8 Å². The first-order valence-corrected chi connectivity index (χ1v) is 4.15. The zero-order valence-corrected chi connectivity index (χ0v) is 8.26. The molecular formula is C10H15NO2. The van der Waals surface area contributed by atoms with E-state index in [1.807, 2.05) is 19.1 Å². The number of benzene rings is 1. The molecule has 0 saturated carbocycles. The van der Waals surface area contributed by atoms with Crippen LogP contribution in [0.25, 0.3) is 0 Å². The molecule has 3 heteroatoms. The highest BCUT2D eigenvalue weighted by molar-refractivity contribution is 5.41. The largest absolute Gasteiger partial charge is 0.496 e. The Bertz CT molecular complexity index is 297. The van der Waals surface area contributed by atoms with Gasteiger partial charge in [-0.2, -0.15) is 0 Å². The summed E-state index contributed by atoms with van der Waals surface area (Å²) in [5.41, 5.74) is 3.40. The van der Waals surface area contributed by atoms with Crippen LogP contribution in [0.2, 0.25) is 0 Å². The van der Waals surface area contributed by atoms with E-state index in [0.717, 1.165) is 11.3 Å². The van der Waals surface area contributed by atoms with Crippen molar-refractivity contribution in [3.63, 3.8) is 0 Å². The molecule has 72 valence electrons. The molecule has 3 nitrogen and oxygen atoms in total. The molecule has 13 heavy (non-hydrogen) atoms. The maximum absolute atomic E-state index is 5.20. The molecule has 0 aliphatic carbocycles. The van der Waals surface area contributed by atoms with Crippen molar-refractivity contribution < 1.29 is 9.57 Å². The van der Waals surface area contributed by atoms with Crippen molar-refractivity contribution in [1.82, 2.24) is 0 Å². The van der Waals surface area contributed by atoms with Crippen LogP contribution in [0.1, 0.15) is 16.7 Å². The first kappa shape index (κ1) is 10.0. The van der Waals surface area contributed by atoms with Crippen LogP contribution < -0.4 is 10.6 Å². The van der Waals surface area contributed by atoms with Gasteiger partial charge in [0.15, 0.2) is 0 Å².